The molecule has 126 valence electrons. The van der Waals surface area contributed by atoms with E-state index in [1.807, 2.05) is 20.8 Å². The summed E-state index contributed by atoms with van der Waals surface area (Å²) in [6, 6.07) is 1.32. The molecular weight excluding hydrogens is 302 g/mol. The zero-order valence-electron chi connectivity index (χ0n) is 13.4. The first-order chi connectivity index (χ1) is 10.7. The van der Waals surface area contributed by atoms with Crippen LogP contribution in [0.1, 0.15) is 26.8 Å². The minimum Gasteiger partial charge on any atom is -0.394 e. The van der Waals surface area contributed by atoms with E-state index < -0.39 is 28.6 Å². The van der Waals surface area contributed by atoms with Crippen molar-refractivity contribution in [3.8, 4) is 0 Å². The highest BCUT2D eigenvalue weighted by atomic mass is 16.7. The number of aliphatic hydroxyl groups is 1. The summed E-state index contributed by atoms with van der Waals surface area (Å²) >= 11 is 0. The first-order valence-corrected chi connectivity index (χ1v) is 7.70. The third kappa shape index (κ3) is 1.74. The van der Waals surface area contributed by atoms with Crippen molar-refractivity contribution in [2.45, 2.75) is 50.4 Å². The average Bonchev–Trinajstić information content (AvgIpc) is 2.88. The molecule has 1 aromatic rings. The fraction of sp³-hybridized carbons (Fsp3) is 0.733. The Kier molecular flexibility index (Phi) is 2.83. The zero-order chi connectivity index (χ0) is 16.6. The van der Waals surface area contributed by atoms with Crippen LogP contribution in [0.4, 0.5) is 5.82 Å². The molecule has 8 heteroatoms. The van der Waals surface area contributed by atoms with Crippen molar-refractivity contribution >= 4 is 5.82 Å². The fourth-order valence-electron chi connectivity index (χ4n) is 4.37. The Hall–Kier alpha value is -1.48. The summed E-state index contributed by atoms with van der Waals surface area (Å²) < 4.78 is 19.5. The predicted octanol–water partition coefficient (Wildman–Crippen LogP) is -0.332. The van der Waals surface area contributed by atoms with Crippen molar-refractivity contribution < 1.29 is 19.3 Å². The molecule has 3 heterocycles. The van der Waals surface area contributed by atoms with Crippen LogP contribution in [0.3, 0.4) is 0 Å². The van der Waals surface area contributed by atoms with Crippen molar-refractivity contribution in [1.82, 2.24) is 9.55 Å². The molecule has 8 nitrogen and oxygen atoms in total. The van der Waals surface area contributed by atoms with E-state index in [0.717, 1.165) is 0 Å². The van der Waals surface area contributed by atoms with Crippen LogP contribution in [0.15, 0.2) is 17.1 Å². The molecule has 0 amide bonds. The third-order valence-electron chi connectivity index (χ3n) is 5.47. The highest BCUT2D eigenvalue weighted by molar-refractivity contribution is 5.35. The zero-order valence-corrected chi connectivity index (χ0v) is 13.4. The molecule has 0 aromatic carbocycles. The Labute approximate surface area is 133 Å². The van der Waals surface area contributed by atoms with Gasteiger partial charge in [-0.1, -0.05) is 0 Å². The lowest BCUT2D eigenvalue weighted by Gasteiger charge is -2.41. The average molecular weight is 323 g/mol. The second kappa shape index (κ2) is 4.32. The number of hydrogen-bond acceptors (Lipinski definition) is 7. The number of nitrogens with two attached hydrogens (primary N) is 1. The summed E-state index contributed by atoms with van der Waals surface area (Å²) in [4.78, 5) is 16.0. The van der Waals surface area contributed by atoms with Gasteiger partial charge in [-0.2, -0.15) is 4.98 Å². The molecular formula is C15H21N3O5. The SMILES string of the molecule is CC1(C)OCC23C(O1)[C@@H](CO)OC2(C)[C@H]3n1ccc(N)nc1=O. The molecule has 2 aliphatic heterocycles. The Balaban J connectivity index is 1.77. The minimum absolute atomic E-state index is 0.139. The van der Waals surface area contributed by atoms with Crippen LogP contribution in [-0.4, -0.2) is 51.5 Å². The highest BCUT2D eigenvalue weighted by Crippen LogP contribution is 2.75. The second-order valence-electron chi connectivity index (χ2n) is 7.16. The van der Waals surface area contributed by atoms with Crippen LogP contribution < -0.4 is 11.4 Å². The van der Waals surface area contributed by atoms with Crippen molar-refractivity contribution in [1.29, 1.82) is 0 Å². The van der Waals surface area contributed by atoms with Crippen LogP contribution in [0.25, 0.3) is 0 Å². The van der Waals surface area contributed by atoms with Crippen LogP contribution >= 0.6 is 0 Å². The van der Waals surface area contributed by atoms with Crippen LogP contribution in [0.2, 0.25) is 0 Å². The molecule has 3 fully saturated rings. The maximum absolute atomic E-state index is 12.2. The molecule has 1 spiro atoms. The lowest BCUT2D eigenvalue weighted by molar-refractivity contribution is -0.305. The number of aromatic nitrogens is 2. The molecule has 3 unspecified atom stereocenters. The number of nitrogens with zero attached hydrogens (tertiary/aromatic N) is 2. The Morgan fingerprint density at radius 2 is 2.17 bits per heavy atom. The smallest absolute Gasteiger partial charge is 0.349 e. The van der Waals surface area contributed by atoms with Gasteiger partial charge in [-0.15, -0.1) is 0 Å². The summed E-state index contributed by atoms with van der Waals surface area (Å²) in [5.41, 5.74) is 3.98. The molecule has 0 bridgehead atoms. The molecule has 4 rings (SSSR count). The van der Waals surface area contributed by atoms with E-state index in [0.29, 0.717) is 6.61 Å². The molecule has 0 radical (unpaired) electrons. The van der Waals surface area contributed by atoms with Gasteiger partial charge in [0, 0.05) is 6.20 Å². The molecule has 1 aromatic heterocycles. The first-order valence-electron chi connectivity index (χ1n) is 7.70. The monoisotopic (exact) mass is 323 g/mol. The largest absolute Gasteiger partial charge is 0.394 e. The van der Waals surface area contributed by atoms with E-state index in [-0.39, 0.29) is 24.6 Å². The maximum atomic E-state index is 12.2. The number of nitrogen functional groups attached to an aromatic ring is 1. The normalized spacial score (nSPS) is 43.7. The molecule has 5 atom stereocenters. The Bertz CT molecular complexity index is 719. The van der Waals surface area contributed by atoms with E-state index in [4.69, 9.17) is 19.9 Å². The van der Waals surface area contributed by atoms with Gasteiger partial charge in [-0.3, -0.25) is 4.57 Å². The second-order valence-corrected chi connectivity index (χ2v) is 7.16. The van der Waals surface area contributed by atoms with Gasteiger partial charge in [0.15, 0.2) is 5.79 Å². The van der Waals surface area contributed by atoms with E-state index in [1.165, 1.54) is 4.57 Å². The molecule has 3 N–H and O–H groups in total. The van der Waals surface area contributed by atoms with Crippen LogP contribution in [0, 0.1) is 5.41 Å². The summed E-state index contributed by atoms with van der Waals surface area (Å²) in [5.74, 6) is -0.572. The van der Waals surface area contributed by atoms with Crippen LogP contribution in [0.5, 0.6) is 0 Å². The summed E-state index contributed by atoms with van der Waals surface area (Å²) in [6.07, 6.45) is 0.842. The van der Waals surface area contributed by atoms with Crippen molar-refractivity contribution in [3.63, 3.8) is 0 Å². The highest BCUT2D eigenvalue weighted by Gasteiger charge is 2.87. The lowest BCUT2D eigenvalue weighted by Crippen LogP contribution is -2.52. The van der Waals surface area contributed by atoms with Crippen LogP contribution in [-0.2, 0) is 14.2 Å². The number of hydrogen-bond donors (Lipinski definition) is 2. The fourth-order valence-corrected chi connectivity index (χ4v) is 4.37. The lowest BCUT2D eigenvalue weighted by atomic mass is 9.92. The molecule has 23 heavy (non-hydrogen) atoms. The van der Waals surface area contributed by atoms with Gasteiger partial charge < -0.3 is 25.1 Å². The number of ether oxygens (including phenoxy) is 3. The van der Waals surface area contributed by atoms with E-state index in [9.17, 15) is 9.90 Å². The van der Waals surface area contributed by atoms with Gasteiger partial charge in [0.25, 0.3) is 0 Å². The Morgan fingerprint density at radius 1 is 1.43 bits per heavy atom. The van der Waals surface area contributed by atoms with Crippen molar-refractivity contribution in [3.05, 3.63) is 22.7 Å². The number of aliphatic hydroxyl groups excluding tert-OH is 1. The van der Waals surface area contributed by atoms with Gasteiger partial charge in [0.05, 0.1) is 24.7 Å². The molecule has 2 saturated heterocycles. The number of anilines is 1. The van der Waals surface area contributed by atoms with Gasteiger partial charge >= 0.3 is 5.69 Å². The van der Waals surface area contributed by atoms with Gasteiger partial charge in [0.1, 0.15) is 23.6 Å². The van der Waals surface area contributed by atoms with Crippen molar-refractivity contribution in [2.24, 2.45) is 5.41 Å². The van der Waals surface area contributed by atoms with Gasteiger partial charge in [0.2, 0.25) is 0 Å². The van der Waals surface area contributed by atoms with Crippen molar-refractivity contribution in [2.75, 3.05) is 18.9 Å². The summed E-state index contributed by atoms with van der Waals surface area (Å²) in [5, 5.41) is 9.63. The summed E-state index contributed by atoms with van der Waals surface area (Å²) in [7, 11) is 0. The first kappa shape index (κ1) is 15.1. The maximum Gasteiger partial charge on any atom is 0.349 e. The molecule has 1 saturated carbocycles. The molecule has 3 aliphatic rings. The standard InChI is InChI=1S/C15H21N3O5/c1-13(2)21-7-15-10(23-13)8(6-19)22-14(15,3)11(15)18-5-4-9(16)17-12(18)20/h4-5,8,10-11,19H,6-7H2,1-3H3,(H2,16,17,20)/t8-,10?,11-,14?,15?/m1/s1. The Morgan fingerprint density at radius 3 is 2.83 bits per heavy atom. The van der Waals surface area contributed by atoms with Gasteiger partial charge in [-0.05, 0) is 26.8 Å². The van der Waals surface area contributed by atoms with Gasteiger partial charge in [-0.25, -0.2) is 4.79 Å². The van der Waals surface area contributed by atoms with E-state index in [1.54, 1.807) is 12.3 Å². The topological polar surface area (TPSA) is 109 Å². The van der Waals surface area contributed by atoms with E-state index >= 15 is 0 Å². The minimum atomic E-state index is -0.755. The summed E-state index contributed by atoms with van der Waals surface area (Å²) in [6.45, 7) is 5.84. The van der Waals surface area contributed by atoms with E-state index in [2.05, 4.69) is 4.98 Å². The third-order valence-corrected chi connectivity index (χ3v) is 5.47. The molecule has 1 aliphatic carbocycles. The predicted molar refractivity (Wildman–Crippen MR) is 79.6 cm³/mol. The quantitative estimate of drug-likeness (QED) is 0.767. The number of rotatable bonds is 2.